The summed E-state index contributed by atoms with van der Waals surface area (Å²) in [6.45, 7) is 4.43. The molecule has 6 nitrogen and oxygen atoms in total. The highest BCUT2D eigenvalue weighted by molar-refractivity contribution is 5.94. The van der Waals surface area contributed by atoms with E-state index in [-0.39, 0.29) is 11.5 Å². The fourth-order valence-electron chi connectivity index (χ4n) is 3.06. The summed E-state index contributed by atoms with van der Waals surface area (Å²) in [4.78, 5) is 32.4. The van der Waals surface area contributed by atoms with Crippen molar-refractivity contribution in [2.75, 3.05) is 37.7 Å². The van der Waals surface area contributed by atoms with Crippen LogP contribution in [-0.4, -0.2) is 54.5 Å². The fraction of sp³-hybridized carbons (Fsp3) is 0.350. The predicted molar refractivity (Wildman–Crippen MR) is 99.3 cm³/mol. The molecular formula is C20H22FN3O3. The molecule has 7 heteroatoms. The summed E-state index contributed by atoms with van der Waals surface area (Å²) >= 11 is 0. The first-order valence-electron chi connectivity index (χ1n) is 9.02. The second-order valence-electron chi connectivity index (χ2n) is 6.24. The van der Waals surface area contributed by atoms with Crippen LogP contribution in [0.15, 0.2) is 42.6 Å². The molecule has 0 saturated carbocycles. The van der Waals surface area contributed by atoms with Gasteiger partial charge in [0, 0.05) is 32.4 Å². The van der Waals surface area contributed by atoms with Gasteiger partial charge in [0.25, 0.3) is 5.91 Å². The van der Waals surface area contributed by atoms with Crippen LogP contribution < -0.4 is 4.90 Å². The molecule has 3 rings (SSSR count). The average Bonchev–Trinajstić information content (AvgIpc) is 2.94. The zero-order valence-electron chi connectivity index (χ0n) is 15.2. The Morgan fingerprint density at radius 1 is 1.11 bits per heavy atom. The number of amides is 1. The summed E-state index contributed by atoms with van der Waals surface area (Å²) in [5, 5.41) is 0. The van der Waals surface area contributed by atoms with E-state index in [0.29, 0.717) is 31.8 Å². The van der Waals surface area contributed by atoms with Gasteiger partial charge in [0.2, 0.25) is 0 Å². The van der Waals surface area contributed by atoms with Crippen LogP contribution in [0.2, 0.25) is 0 Å². The molecule has 1 aliphatic heterocycles. The van der Waals surface area contributed by atoms with Gasteiger partial charge < -0.3 is 14.5 Å². The lowest BCUT2D eigenvalue weighted by Gasteiger charge is -2.23. The maximum Gasteiger partial charge on any atom is 0.339 e. The number of carbonyl (C=O) groups is 2. The lowest BCUT2D eigenvalue weighted by atomic mass is 10.2. The average molecular weight is 371 g/mol. The van der Waals surface area contributed by atoms with Gasteiger partial charge in [-0.2, -0.15) is 0 Å². The van der Waals surface area contributed by atoms with Crippen LogP contribution in [0.25, 0.3) is 0 Å². The monoisotopic (exact) mass is 371 g/mol. The van der Waals surface area contributed by atoms with Gasteiger partial charge in [-0.1, -0.05) is 12.1 Å². The molecule has 0 atom stereocenters. The molecular weight excluding hydrogens is 349 g/mol. The second kappa shape index (κ2) is 8.62. The molecule has 0 spiro atoms. The highest BCUT2D eigenvalue weighted by Crippen LogP contribution is 2.17. The van der Waals surface area contributed by atoms with E-state index in [9.17, 15) is 14.0 Å². The number of nitrogens with zero attached hydrogens (tertiary/aromatic N) is 3. The minimum Gasteiger partial charge on any atom is -0.462 e. The Morgan fingerprint density at radius 3 is 2.63 bits per heavy atom. The normalized spacial score (nSPS) is 14.6. The lowest BCUT2D eigenvalue weighted by molar-refractivity contribution is 0.0525. The third kappa shape index (κ3) is 4.42. The lowest BCUT2D eigenvalue weighted by Crippen LogP contribution is -2.35. The van der Waals surface area contributed by atoms with Crippen molar-refractivity contribution in [1.82, 2.24) is 9.88 Å². The van der Waals surface area contributed by atoms with Crippen LogP contribution in [0.5, 0.6) is 0 Å². The minimum atomic E-state index is -0.500. The van der Waals surface area contributed by atoms with Crippen molar-refractivity contribution >= 4 is 17.7 Å². The molecule has 0 aliphatic carbocycles. The standard InChI is InChI=1S/C20H22FN3O3/c1-2-27-20(26)15-8-9-18(22-14-15)23-10-5-11-24(13-12-23)19(25)16-6-3-4-7-17(16)21/h3-4,6-9,14H,2,5,10-13H2,1H3. The quantitative estimate of drug-likeness (QED) is 0.774. The zero-order valence-corrected chi connectivity index (χ0v) is 15.2. The first-order valence-corrected chi connectivity index (χ1v) is 9.02. The number of pyridine rings is 1. The molecule has 0 bridgehead atoms. The topological polar surface area (TPSA) is 62.7 Å². The van der Waals surface area contributed by atoms with Crippen molar-refractivity contribution in [3.63, 3.8) is 0 Å². The summed E-state index contributed by atoms with van der Waals surface area (Å²) in [5.41, 5.74) is 0.509. The van der Waals surface area contributed by atoms with E-state index in [2.05, 4.69) is 9.88 Å². The van der Waals surface area contributed by atoms with Gasteiger partial charge in [-0.15, -0.1) is 0 Å². The van der Waals surface area contributed by atoms with Crippen molar-refractivity contribution in [1.29, 1.82) is 0 Å². The summed E-state index contributed by atoms with van der Waals surface area (Å²) in [6, 6.07) is 9.51. The van der Waals surface area contributed by atoms with Gasteiger partial charge in [0.1, 0.15) is 11.6 Å². The molecule has 0 N–H and O–H groups in total. The smallest absolute Gasteiger partial charge is 0.339 e. The number of rotatable bonds is 4. The number of hydrogen-bond acceptors (Lipinski definition) is 5. The Bertz CT molecular complexity index is 810. The van der Waals surface area contributed by atoms with E-state index in [1.807, 2.05) is 0 Å². The molecule has 1 amide bonds. The van der Waals surface area contributed by atoms with Gasteiger partial charge in [-0.3, -0.25) is 4.79 Å². The summed E-state index contributed by atoms with van der Waals surface area (Å²) < 4.78 is 18.8. The Morgan fingerprint density at radius 2 is 1.93 bits per heavy atom. The summed E-state index contributed by atoms with van der Waals surface area (Å²) in [6.07, 6.45) is 2.25. The van der Waals surface area contributed by atoms with Crippen LogP contribution in [0.3, 0.4) is 0 Å². The molecule has 1 fully saturated rings. The molecule has 0 radical (unpaired) electrons. The van der Waals surface area contributed by atoms with Crippen molar-refractivity contribution < 1.29 is 18.7 Å². The highest BCUT2D eigenvalue weighted by Gasteiger charge is 2.23. The number of benzene rings is 1. The summed E-state index contributed by atoms with van der Waals surface area (Å²) in [7, 11) is 0. The van der Waals surface area contributed by atoms with E-state index in [0.717, 1.165) is 18.8 Å². The molecule has 2 aromatic rings. The summed E-state index contributed by atoms with van der Waals surface area (Å²) in [5.74, 6) is -0.447. The molecule has 1 saturated heterocycles. The molecule has 142 valence electrons. The largest absolute Gasteiger partial charge is 0.462 e. The van der Waals surface area contributed by atoms with E-state index in [4.69, 9.17) is 4.74 Å². The van der Waals surface area contributed by atoms with Crippen LogP contribution in [0.4, 0.5) is 10.2 Å². The Kier molecular flexibility index (Phi) is 6.01. The molecule has 2 heterocycles. The zero-order chi connectivity index (χ0) is 19.2. The first kappa shape index (κ1) is 18.8. The Hall–Kier alpha value is -2.96. The van der Waals surface area contributed by atoms with Gasteiger partial charge in [0.15, 0.2) is 0 Å². The molecule has 1 aliphatic rings. The first-order chi connectivity index (χ1) is 13.1. The van der Waals surface area contributed by atoms with E-state index >= 15 is 0 Å². The van der Waals surface area contributed by atoms with Crippen LogP contribution in [0, 0.1) is 5.82 Å². The minimum absolute atomic E-state index is 0.0999. The predicted octanol–water partition coefficient (Wildman–Crippen LogP) is 2.75. The number of halogens is 1. The number of esters is 1. The van der Waals surface area contributed by atoms with Crippen molar-refractivity contribution in [3.8, 4) is 0 Å². The Labute approximate surface area is 157 Å². The number of ether oxygens (including phenoxy) is 1. The van der Waals surface area contributed by atoms with Crippen LogP contribution in [0.1, 0.15) is 34.1 Å². The Balaban J connectivity index is 1.65. The van der Waals surface area contributed by atoms with E-state index in [1.54, 1.807) is 36.1 Å². The molecule has 1 aromatic heterocycles. The van der Waals surface area contributed by atoms with Crippen molar-refractivity contribution in [2.24, 2.45) is 0 Å². The SMILES string of the molecule is CCOC(=O)c1ccc(N2CCCN(C(=O)c3ccccc3F)CC2)nc1. The van der Waals surface area contributed by atoms with E-state index in [1.165, 1.54) is 18.3 Å². The third-order valence-corrected chi connectivity index (χ3v) is 4.47. The van der Waals surface area contributed by atoms with Crippen molar-refractivity contribution in [3.05, 3.63) is 59.5 Å². The maximum atomic E-state index is 13.9. The number of hydrogen-bond donors (Lipinski definition) is 0. The molecule has 0 unspecified atom stereocenters. The van der Waals surface area contributed by atoms with Gasteiger partial charge in [-0.25, -0.2) is 14.2 Å². The highest BCUT2D eigenvalue weighted by atomic mass is 19.1. The van der Waals surface area contributed by atoms with Gasteiger partial charge in [0.05, 0.1) is 17.7 Å². The number of anilines is 1. The van der Waals surface area contributed by atoms with Crippen LogP contribution in [-0.2, 0) is 4.74 Å². The third-order valence-electron chi connectivity index (χ3n) is 4.47. The number of aromatic nitrogens is 1. The number of carbonyl (C=O) groups excluding carboxylic acids is 2. The van der Waals surface area contributed by atoms with Crippen molar-refractivity contribution in [2.45, 2.75) is 13.3 Å². The molecule has 1 aromatic carbocycles. The maximum absolute atomic E-state index is 13.9. The fourth-order valence-corrected chi connectivity index (χ4v) is 3.06. The second-order valence-corrected chi connectivity index (χ2v) is 6.24. The van der Waals surface area contributed by atoms with Gasteiger partial charge >= 0.3 is 5.97 Å². The van der Waals surface area contributed by atoms with E-state index < -0.39 is 11.8 Å². The van der Waals surface area contributed by atoms with Gasteiger partial charge in [-0.05, 0) is 37.6 Å². The molecule has 27 heavy (non-hydrogen) atoms. The van der Waals surface area contributed by atoms with Crippen LogP contribution >= 0.6 is 0 Å².